The molecule has 2 aromatic carbocycles. The van der Waals surface area contributed by atoms with Crippen LogP contribution in [0.1, 0.15) is 95.6 Å². The summed E-state index contributed by atoms with van der Waals surface area (Å²) >= 11 is 6.95. The molecule has 2 unspecified atom stereocenters. The van der Waals surface area contributed by atoms with E-state index in [4.69, 9.17) is 0 Å². The van der Waals surface area contributed by atoms with Crippen LogP contribution in [0, 0.1) is 10.7 Å². The Balaban J connectivity index is 1.74. The molecule has 2 aromatic rings. The molecule has 0 aromatic heterocycles. The Kier molecular flexibility index (Phi) is 19.9. The summed E-state index contributed by atoms with van der Waals surface area (Å²) in [6.45, 7) is 4.57. The second-order valence-electron chi connectivity index (χ2n) is 16.4. The van der Waals surface area contributed by atoms with Gasteiger partial charge in [0.15, 0.2) is 5.71 Å². The molecule has 0 bridgehead atoms. The Bertz CT molecular complexity index is 2740. The first-order chi connectivity index (χ1) is 30.1. The number of halogens is 3. The summed E-state index contributed by atoms with van der Waals surface area (Å²) in [5, 5.41) is 9.20. The third-order valence-corrected chi connectivity index (χ3v) is 19.9. The van der Waals surface area contributed by atoms with Gasteiger partial charge in [0.25, 0.3) is 40.5 Å². The Morgan fingerprint density at radius 2 is 1.26 bits per heavy atom. The zero-order valence-electron chi connectivity index (χ0n) is 35.7. The van der Waals surface area contributed by atoms with Gasteiger partial charge in [-0.3, -0.25) is 23.0 Å². The minimum atomic E-state index is -4.61. The van der Waals surface area contributed by atoms with E-state index < -0.39 is 74.5 Å². The maximum Gasteiger partial charge on any atom is 0.303 e. The third-order valence-electron chi connectivity index (χ3n) is 11.5. The van der Waals surface area contributed by atoms with Crippen molar-refractivity contribution in [1.29, 1.82) is 0 Å². The molecule has 2 aliphatic heterocycles. The minimum absolute atomic E-state index is 0.0709. The van der Waals surface area contributed by atoms with Crippen molar-refractivity contribution in [2.45, 2.75) is 100 Å². The number of hydrogen-bond donors (Lipinski definition) is 5. The average Bonchev–Trinajstić information content (AvgIpc) is 3.54. The van der Waals surface area contributed by atoms with E-state index in [1.165, 1.54) is 12.1 Å². The van der Waals surface area contributed by atoms with Crippen molar-refractivity contribution in [2.24, 2.45) is 0 Å². The molecule has 5 N–H and O–H groups in total. The lowest BCUT2D eigenvalue weighted by molar-refractivity contribution is -0.437. The van der Waals surface area contributed by atoms with E-state index in [1.54, 1.807) is 24.3 Å². The molecule has 4 rings (SSSR count). The van der Waals surface area contributed by atoms with E-state index in [1.807, 2.05) is 36.1 Å². The number of nitrogens with zero attached hydrogens (tertiary/aromatic N) is 2. The highest BCUT2D eigenvalue weighted by molar-refractivity contribution is 14.1. The van der Waals surface area contributed by atoms with Gasteiger partial charge in [0.05, 0.1) is 33.1 Å². The first-order valence-electron chi connectivity index (χ1n) is 20.6. The van der Waals surface area contributed by atoms with Crippen LogP contribution in [0.25, 0.3) is 0 Å². The van der Waals surface area contributed by atoms with Crippen LogP contribution in [0.3, 0.4) is 0 Å². The number of aliphatic carboxylic acids is 1. The number of anilines is 1. The van der Waals surface area contributed by atoms with Gasteiger partial charge in [0, 0.05) is 59.0 Å². The van der Waals surface area contributed by atoms with Crippen molar-refractivity contribution in [3.63, 3.8) is 0 Å². The van der Waals surface area contributed by atoms with E-state index in [-0.39, 0.29) is 37.1 Å². The van der Waals surface area contributed by atoms with Gasteiger partial charge >= 0.3 is 5.97 Å². The molecule has 0 radical (unpaired) electrons. The number of carboxylic acids is 1. The van der Waals surface area contributed by atoms with Gasteiger partial charge in [-0.25, -0.2) is 0 Å². The van der Waals surface area contributed by atoms with Crippen LogP contribution in [0.5, 0.6) is 0 Å². The largest absolute Gasteiger partial charge is 0.481 e. The molecular weight excluding hydrogens is 1270 g/mol. The van der Waals surface area contributed by atoms with Crippen LogP contribution in [0.2, 0.25) is 0 Å². The molecule has 65 heavy (non-hydrogen) atoms. The van der Waals surface area contributed by atoms with Gasteiger partial charge in [-0.05, 0) is 150 Å². The highest BCUT2D eigenvalue weighted by Crippen LogP contribution is 2.52. The Labute approximate surface area is 423 Å². The van der Waals surface area contributed by atoms with E-state index >= 15 is 0 Å². The zero-order chi connectivity index (χ0) is 48.6. The van der Waals surface area contributed by atoms with Crippen LogP contribution in [0.4, 0.5) is 11.4 Å². The molecule has 2 atom stereocenters. The lowest BCUT2D eigenvalue weighted by Crippen LogP contribution is -2.32. The molecule has 23 heteroatoms. The SMILES string of the molecule is CC1(CCCCCC(=O)O)C(/C=C/C=C/C=C/C=C2\N(CCCCS(=O)(=O)O)c3ccc(S(=O)(=O)O)cc3C2(C)CCCCS(=O)(=O)O)=[N+](CCCS(=O)(=O)O)c2cc(I)c(I)c(I)c21. The number of allylic oxidation sites excluding steroid dienone is 8. The van der Waals surface area contributed by atoms with Gasteiger partial charge in [-0.1, -0.05) is 49.6 Å². The fraction of sp³-hybridized carbons (Fsp3) is 0.476. The quantitative estimate of drug-likeness (QED) is 0.0156. The summed E-state index contributed by atoms with van der Waals surface area (Å²) in [7, 11) is -17.3. The van der Waals surface area contributed by atoms with E-state index in [9.17, 15) is 61.8 Å². The van der Waals surface area contributed by atoms with Crippen LogP contribution < -0.4 is 4.90 Å². The maximum atomic E-state index is 12.3. The van der Waals surface area contributed by atoms with Gasteiger partial charge in [-0.2, -0.15) is 38.2 Å². The van der Waals surface area contributed by atoms with Crippen molar-refractivity contribution in [1.82, 2.24) is 0 Å². The number of rotatable bonds is 25. The number of benzene rings is 2. The lowest BCUT2D eigenvalue weighted by Gasteiger charge is -2.30. The van der Waals surface area contributed by atoms with Crippen molar-refractivity contribution in [3.05, 3.63) is 94.3 Å². The maximum absolute atomic E-state index is 12.3. The number of carboxylic acid groups (broad SMARTS) is 1. The summed E-state index contributed by atoms with van der Waals surface area (Å²) in [4.78, 5) is 12.8. The fourth-order valence-corrected chi connectivity index (χ4v) is 13.3. The number of carbonyl (C=O) groups is 1. The van der Waals surface area contributed by atoms with E-state index in [0.29, 0.717) is 62.0 Å². The molecule has 360 valence electrons. The second-order valence-corrected chi connectivity index (χ2v) is 25.9. The standard InChI is InChI=1S/C42H53I3N2O14S4/c1-41(21-11-13-25-62(50,51)52)31-28-30(65(59,60)61)19-20-33(31)46(23-12-14-26-63(53,54)55)35(41)16-7-4-3-5-8-17-36-42(2,22-10-6-9-18-37(48)49)38-34(29-32(43)39(44)40(38)45)47(36)24-15-27-64(56,57)58/h3-5,7-8,16-17,19-20,28-29H,6,9-15,18,21-27H2,1-2H3,(H4-,48,49,50,51,52,53,54,55,56,57,58,59,60,61)/p+1. The topological polar surface area (TPSA) is 261 Å². The van der Waals surface area contributed by atoms with Crippen LogP contribution >= 0.6 is 67.8 Å². The number of hydrogen-bond acceptors (Lipinski definition) is 10. The van der Waals surface area contributed by atoms with Gasteiger partial charge in [0.1, 0.15) is 6.54 Å². The number of fused-ring (bicyclic) bond motifs is 2. The molecule has 2 aliphatic rings. The molecule has 0 saturated carbocycles. The molecule has 0 aliphatic carbocycles. The highest BCUT2D eigenvalue weighted by Gasteiger charge is 2.49. The third kappa shape index (κ3) is 15.6. The average molecular weight is 1320 g/mol. The molecule has 0 spiro atoms. The predicted octanol–water partition coefficient (Wildman–Crippen LogP) is 8.47. The molecule has 0 saturated heterocycles. The van der Waals surface area contributed by atoms with Crippen molar-refractivity contribution in [3.8, 4) is 0 Å². The van der Waals surface area contributed by atoms with Crippen LogP contribution in [-0.2, 0) is 56.1 Å². The molecule has 16 nitrogen and oxygen atoms in total. The Hall–Kier alpha value is -1.83. The van der Waals surface area contributed by atoms with E-state index in [0.717, 1.165) is 34.1 Å². The lowest BCUT2D eigenvalue weighted by atomic mass is 9.75. The first-order valence-corrected chi connectivity index (χ1v) is 30.1. The van der Waals surface area contributed by atoms with Crippen LogP contribution in [0.15, 0.2) is 77.4 Å². The molecule has 0 amide bonds. The van der Waals surface area contributed by atoms with Gasteiger partial charge in [-0.15, -0.1) is 0 Å². The normalized spacial score (nSPS) is 20.0. The minimum Gasteiger partial charge on any atom is -0.481 e. The monoisotopic (exact) mass is 1320 g/mol. The van der Waals surface area contributed by atoms with Gasteiger partial charge in [0.2, 0.25) is 5.69 Å². The zero-order valence-corrected chi connectivity index (χ0v) is 45.5. The second kappa shape index (κ2) is 23.2. The predicted molar refractivity (Wildman–Crippen MR) is 276 cm³/mol. The highest BCUT2D eigenvalue weighted by atomic mass is 127. The number of unbranched alkanes of at least 4 members (excludes halogenated alkanes) is 4. The molecule has 2 heterocycles. The van der Waals surface area contributed by atoms with Gasteiger partial charge < -0.3 is 10.0 Å². The first kappa shape index (κ1) is 55.8. The summed E-state index contributed by atoms with van der Waals surface area (Å²) < 4.78 is 137. The van der Waals surface area contributed by atoms with Crippen LogP contribution in [-0.4, -0.2) is 104 Å². The molecule has 0 fully saturated rings. The van der Waals surface area contributed by atoms with Crippen molar-refractivity contribution in [2.75, 3.05) is 35.2 Å². The summed E-state index contributed by atoms with van der Waals surface area (Å²) in [5.41, 5.74) is 3.27. The molecular formula is C42H54I3N2O14S4+. The van der Waals surface area contributed by atoms with E-state index in [2.05, 4.69) is 85.3 Å². The summed E-state index contributed by atoms with van der Waals surface area (Å²) in [6.07, 6.45) is 16.9. The summed E-state index contributed by atoms with van der Waals surface area (Å²) in [6, 6.07) is 6.25. The van der Waals surface area contributed by atoms with Crippen molar-refractivity contribution >= 4 is 131 Å². The fourth-order valence-electron chi connectivity index (χ4n) is 8.48. The Morgan fingerprint density at radius 1 is 0.692 bits per heavy atom. The smallest absolute Gasteiger partial charge is 0.303 e. The summed E-state index contributed by atoms with van der Waals surface area (Å²) in [5.74, 6) is -2.21. The Morgan fingerprint density at radius 3 is 1.88 bits per heavy atom. The van der Waals surface area contributed by atoms with Crippen molar-refractivity contribution < 1.29 is 66.4 Å².